The second-order valence-electron chi connectivity index (χ2n) is 5.41. The Morgan fingerprint density at radius 2 is 2.06 bits per heavy atom. The van der Waals surface area contributed by atoms with Gasteiger partial charge in [-0.25, -0.2) is 0 Å². The van der Waals surface area contributed by atoms with Crippen LogP contribution >= 0.6 is 0 Å². The van der Waals surface area contributed by atoms with Gasteiger partial charge in [-0.3, -0.25) is 0 Å². The van der Waals surface area contributed by atoms with Crippen LogP contribution in [-0.2, 0) is 4.74 Å². The van der Waals surface area contributed by atoms with E-state index in [0.717, 1.165) is 19.7 Å². The maximum absolute atomic E-state index is 5.87. The Labute approximate surface area is 103 Å². The van der Waals surface area contributed by atoms with Gasteiger partial charge in [0.05, 0.1) is 6.10 Å². The first-order chi connectivity index (χ1) is 8.33. The predicted octanol–water partition coefficient (Wildman–Crippen LogP) is 2.56. The van der Waals surface area contributed by atoms with Crippen molar-refractivity contribution in [2.75, 3.05) is 19.7 Å². The molecule has 2 fully saturated rings. The van der Waals surface area contributed by atoms with Gasteiger partial charge in [0, 0.05) is 24.5 Å². The summed E-state index contributed by atoms with van der Waals surface area (Å²) >= 11 is 0. The molecule has 92 valence electrons. The van der Waals surface area contributed by atoms with Gasteiger partial charge in [-0.05, 0) is 31.9 Å². The molecule has 3 rings (SSSR count). The van der Waals surface area contributed by atoms with E-state index in [4.69, 9.17) is 4.74 Å². The van der Waals surface area contributed by atoms with Crippen LogP contribution in [0.4, 0.5) is 0 Å². The number of piperidine rings is 1. The zero-order valence-electron chi connectivity index (χ0n) is 10.5. The fraction of sp³-hybridized carbons (Fsp3) is 0.600. The molecule has 0 bridgehead atoms. The average molecular weight is 231 g/mol. The summed E-state index contributed by atoms with van der Waals surface area (Å²) in [6, 6.07) is 10.9. The Bertz CT molecular complexity index is 378. The lowest BCUT2D eigenvalue weighted by Gasteiger charge is -2.44. The quantitative estimate of drug-likeness (QED) is 0.802. The van der Waals surface area contributed by atoms with Crippen molar-refractivity contribution in [2.45, 2.75) is 31.8 Å². The highest BCUT2D eigenvalue weighted by Gasteiger charge is 2.48. The molecule has 0 radical (unpaired) electrons. The van der Waals surface area contributed by atoms with Crippen molar-refractivity contribution in [1.29, 1.82) is 0 Å². The molecular formula is C15H21NO. The number of benzene rings is 1. The molecule has 0 aliphatic carbocycles. The van der Waals surface area contributed by atoms with Gasteiger partial charge in [-0.2, -0.15) is 0 Å². The lowest BCUT2D eigenvalue weighted by atomic mass is 9.64. The van der Waals surface area contributed by atoms with Crippen molar-refractivity contribution in [3.05, 3.63) is 35.9 Å². The highest BCUT2D eigenvalue weighted by atomic mass is 16.5. The fourth-order valence-electron chi connectivity index (χ4n) is 3.66. The number of hydrogen-bond acceptors (Lipinski definition) is 2. The van der Waals surface area contributed by atoms with Gasteiger partial charge in [0.15, 0.2) is 0 Å². The van der Waals surface area contributed by atoms with E-state index in [1.165, 1.54) is 18.4 Å². The number of ether oxygens (including phenoxy) is 1. The van der Waals surface area contributed by atoms with E-state index in [2.05, 4.69) is 42.6 Å². The molecule has 1 aromatic carbocycles. The first-order valence-corrected chi connectivity index (χ1v) is 6.70. The highest BCUT2D eigenvalue weighted by molar-refractivity contribution is 5.25. The van der Waals surface area contributed by atoms with E-state index in [1.807, 2.05) is 0 Å². The van der Waals surface area contributed by atoms with Gasteiger partial charge in [-0.15, -0.1) is 0 Å². The molecule has 1 N–H and O–H groups in total. The van der Waals surface area contributed by atoms with Crippen molar-refractivity contribution >= 4 is 0 Å². The molecule has 0 amide bonds. The molecule has 2 heteroatoms. The molecule has 2 nitrogen and oxygen atoms in total. The Morgan fingerprint density at radius 1 is 1.24 bits per heavy atom. The van der Waals surface area contributed by atoms with Gasteiger partial charge in [0.25, 0.3) is 0 Å². The molecule has 0 saturated carbocycles. The van der Waals surface area contributed by atoms with Crippen molar-refractivity contribution in [3.63, 3.8) is 0 Å². The van der Waals surface area contributed by atoms with Crippen LogP contribution in [0.15, 0.2) is 30.3 Å². The fourth-order valence-corrected chi connectivity index (χ4v) is 3.66. The maximum atomic E-state index is 5.87. The third-order valence-corrected chi connectivity index (χ3v) is 4.76. The molecule has 3 atom stereocenters. The van der Waals surface area contributed by atoms with Gasteiger partial charge >= 0.3 is 0 Å². The van der Waals surface area contributed by atoms with Crippen LogP contribution in [0, 0.1) is 5.41 Å². The highest BCUT2D eigenvalue weighted by Crippen LogP contribution is 2.50. The van der Waals surface area contributed by atoms with E-state index in [0.29, 0.717) is 17.4 Å². The lowest BCUT2D eigenvalue weighted by Crippen LogP contribution is -2.47. The van der Waals surface area contributed by atoms with Gasteiger partial charge in [-0.1, -0.05) is 30.3 Å². The molecule has 2 aliphatic heterocycles. The predicted molar refractivity (Wildman–Crippen MR) is 69.1 cm³/mol. The molecule has 2 aliphatic rings. The van der Waals surface area contributed by atoms with Crippen LogP contribution in [0.5, 0.6) is 0 Å². The minimum Gasteiger partial charge on any atom is -0.378 e. The second kappa shape index (κ2) is 4.43. The van der Waals surface area contributed by atoms with E-state index in [-0.39, 0.29) is 0 Å². The SMILES string of the molecule is CC1OCCC12CCNCC2c1ccccc1. The molecule has 3 unspecified atom stereocenters. The standard InChI is InChI=1S/C15H21NO/c1-12-15(8-10-17-12)7-9-16-11-14(15)13-5-3-2-4-6-13/h2-6,12,14,16H,7-11H2,1H3. The topological polar surface area (TPSA) is 21.3 Å². The summed E-state index contributed by atoms with van der Waals surface area (Å²) in [5.41, 5.74) is 1.84. The Kier molecular flexibility index (Phi) is 2.93. The summed E-state index contributed by atoms with van der Waals surface area (Å²) in [5, 5.41) is 3.55. The summed E-state index contributed by atoms with van der Waals surface area (Å²) in [6.45, 7) is 5.42. The van der Waals surface area contributed by atoms with E-state index < -0.39 is 0 Å². The summed E-state index contributed by atoms with van der Waals surface area (Å²) in [6.07, 6.45) is 2.86. The molecule has 2 saturated heterocycles. The maximum Gasteiger partial charge on any atom is 0.0610 e. The Balaban J connectivity index is 1.96. The van der Waals surface area contributed by atoms with Crippen LogP contribution in [0.25, 0.3) is 0 Å². The smallest absolute Gasteiger partial charge is 0.0610 e. The van der Waals surface area contributed by atoms with Gasteiger partial charge < -0.3 is 10.1 Å². The van der Waals surface area contributed by atoms with Crippen molar-refractivity contribution < 1.29 is 4.74 Å². The molecule has 2 heterocycles. The Hall–Kier alpha value is -0.860. The summed E-state index contributed by atoms with van der Waals surface area (Å²) in [5.74, 6) is 0.606. The van der Waals surface area contributed by atoms with Gasteiger partial charge in [0.1, 0.15) is 0 Å². The molecule has 17 heavy (non-hydrogen) atoms. The van der Waals surface area contributed by atoms with E-state index in [9.17, 15) is 0 Å². The number of hydrogen-bond donors (Lipinski definition) is 1. The molecule has 1 spiro atoms. The first kappa shape index (κ1) is 11.2. The number of nitrogens with one attached hydrogen (secondary N) is 1. The largest absolute Gasteiger partial charge is 0.378 e. The van der Waals surface area contributed by atoms with Crippen molar-refractivity contribution in [2.24, 2.45) is 5.41 Å². The second-order valence-corrected chi connectivity index (χ2v) is 5.41. The zero-order chi connectivity index (χ0) is 11.7. The minimum atomic E-state index is 0.368. The van der Waals surface area contributed by atoms with Crippen LogP contribution in [0.3, 0.4) is 0 Å². The zero-order valence-corrected chi connectivity index (χ0v) is 10.5. The van der Waals surface area contributed by atoms with Crippen molar-refractivity contribution in [1.82, 2.24) is 5.32 Å². The number of rotatable bonds is 1. The average Bonchev–Trinajstić information content (AvgIpc) is 2.73. The van der Waals surface area contributed by atoms with Crippen LogP contribution < -0.4 is 5.32 Å². The minimum absolute atomic E-state index is 0.368. The van der Waals surface area contributed by atoms with Gasteiger partial charge in [0.2, 0.25) is 0 Å². The first-order valence-electron chi connectivity index (χ1n) is 6.70. The van der Waals surface area contributed by atoms with Crippen LogP contribution in [0.2, 0.25) is 0 Å². The van der Waals surface area contributed by atoms with E-state index >= 15 is 0 Å². The van der Waals surface area contributed by atoms with Crippen LogP contribution in [-0.4, -0.2) is 25.8 Å². The van der Waals surface area contributed by atoms with E-state index in [1.54, 1.807) is 0 Å². The lowest BCUT2D eigenvalue weighted by molar-refractivity contribution is 0.0326. The Morgan fingerprint density at radius 3 is 2.76 bits per heavy atom. The third kappa shape index (κ3) is 1.80. The summed E-state index contributed by atoms with van der Waals surface area (Å²) < 4.78 is 5.87. The van der Waals surface area contributed by atoms with Crippen molar-refractivity contribution in [3.8, 4) is 0 Å². The molecular weight excluding hydrogens is 210 g/mol. The molecule has 1 aromatic rings. The normalized spacial score (nSPS) is 37.5. The molecule has 0 aromatic heterocycles. The summed E-state index contributed by atoms with van der Waals surface area (Å²) in [4.78, 5) is 0. The summed E-state index contributed by atoms with van der Waals surface area (Å²) in [7, 11) is 0. The monoisotopic (exact) mass is 231 g/mol. The van der Waals surface area contributed by atoms with Crippen LogP contribution in [0.1, 0.15) is 31.2 Å². The third-order valence-electron chi connectivity index (χ3n) is 4.76.